The smallest absolute Gasteiger partial charge is 0.328 e. The number of benzene rings is 1. The third kappa shape index (κ3) is 3.00. The minimum Gasteiger partial charge on any atom is -0.464 e. The number of aryl methyl sites for hydroxylation is 1. The highest BCUT2D eigenvalue weighted by atomic mass is 35.5. The van der Waals surface area contributed by atoms with Crippen LogP contribution in [0, 0.1) is 6.92 Å². The van der Waals surface area contributed by atoms with Gasteiger partial charge in [-0.3, -0.25) is 9.36 Å². The highest BCUT2D eigenvalue weighted by molar-refractivity contribution is 6.31. The number of ether oxygens (including phenoxy) is 1. The Morgan fingerprint density at radius 3 is 2.84 bits per heavy atom. The molecule has 0 bridgehead atoms. The van der Waals surface area contributed by atoms with E-state index < -0.39 is 17.6 Å². The molecule has 3 rings (SSSR count). The van der Waals surface area contributed by atoms with Crippen molar-refractivity contribution in [3.05, 3.63) is 45.5 Å². The second-order valence-corrected chi connectivity index (χ2v) is 5.90. The van der Waals surface area contributed by atoms with Crippen molar-refractivity contribution in [2.45, 2.75) is 26.8 Å². The molecule has 0 fully saturated rings. The first-order valence-electron chi connectivity index (χ1n) is 7.69. The van der Waals surface area contributed by atoms with Crippen LogP contribution in [0.2, 0.25) is 5.02 Å². The molecule has 0 aliphatic heterocycles. The van der Waals surface area contributed by atoms with Gasteiger partial charge in [-0.25, -0.2) is 9.78 Å². The summed E-state index contributed by atoms with van der Waals surface area (Å²) >= 11 is 6.15. The summed E-state index contributed by atoms with van der Waals surface area (Å²) in [4.78, 5) is 28.7. The van der Waals surface area contributed by atoms with Crippen LogP contribution in [0.3, 0.4) is 0 Å². The Morgan fingerprint density at radius 2 is 2.16 bits per heavy atom. The molecule has 2 heterocycles. The van der Waals surface area contributed by atoms with Gasteiger partial charge in [0.1, 0.15) is 12.4 Å². The minimum absolute atomic E-state index is 0.0651. The van der Waals surface area contributed by atoms with E-state index in [0.29, 0.717) is 10.7 Å². The zero-order chi connectivity index (χ0) is 18.1. The molecule has 8 nitrogen and oxygen atoms in total. The lowest BCUT2D eigenvalue weighted by atomic mass is 10.2. The number of nitrogens with zero attached hydrogens (tertiary/aromatic N) is 5. The molecule has 2 aromatic heterocycles. The second-order valence-electron chi connectivity index (χ2n) is 5.49. The molecular formula is C16H16ClN5O3. The van der Waals surface area contributed by atoms with Crippen LogP contribution < -0.4 is 5.56 Å². The average molecular weight is 362 g/mol. The molecule has 0 radical (unpaired) electrons. The number of rotatable bonds is 4. The molecule has 130 valence electrons. The van der Waals surface area contributed by atoms with Crippen molar-refractivity contribution in [2.75, 3.05) is 6.61 Å². The van der Waals surface area contributed by atoms with Gasteiger partial charge in [-0.2, -0.15) is 4.68 Å². The monoisotopic (exact) mass is 361 g/mol. The van der Waals surface area contributed by atoms with Crippen LogP contribution in [0.15, 0.2) is 29.3 Å². The van der Waals surface area contributed by atoms with E-state index in [1.807, 2.05) is 19.1 Å². The Morgan fingerprint density at radius 1 is 1.40 bits per heavy atom. The zero-order valence-electron chi connectivity index (χ0n) is 13.9. The lowest BCUT2D eigenvalue weighted by molar-refractivity contribution is -0.146. The Labute approximate surface area is 148 Å². The summed E-state index contributed by atoms with van der Waals surface area (Å²) in [6.07, 6.45) is 1.29. The summed E-state index contributed by atoms with van der Waals surface area (Å²) in [5, 5.41) is 8.49. The fourth-order valence-corrected chi connectivity index (χ4v) is 2.54. The Balaban J connectivity index is 2.09. The Bertz CT molecular complexity index is 1010. The van der Waals surface area contributed by atoms with E-state index in [0.717, 1.165) is 5.56 Å². The number of esters is 1. The third-order valence-corrected chi connectivity index (χ3v) is 4.24. The predicted octanol–water partition coefficient (Wildman–Crippen LogP) is 2.06. The zero-order valence-corrected chi connectivity index (χ0v) is 14.7. The highest BCUT2D eigenvalue weighted by Crippen LogP contribution is 2.20. The molecule has 1 aromatic carbocycles. The predicted molar refractivity (Wildman–Crippen MR) is 92.0 cm³/mol. The summed E-state index contributed by atoms with van der Waals surface area (Å²) < 4.78 is 7.56. The van der Waals surface area contributed by atoms with E-state index in [9.17, 15) is 9.59 Å². The molecule has 0 aliphatic rings. The fourth-order valence-electron chi connectivity index (χ4n) is 2.36. The first-order valence-corrected chi connectivity index (χ1v) is 8.07. The molecule has 1 atom stereocenters. The molecule has 3 aromatic rings. The topological polar surface area (TPSA) is 91.9 Å². The lowest BCUT2D eigenvalue weighted by Gasteiger charge is -2.12. The van der Waals surface area contributed by atoms with Crippen LogP contribution in [0.4, 0.5) is 0 Å². The number of aromatic nitrogens is 5. The van der Waals surface area contributed by atoms with E-state index in [2.05, 4.69) is 15.3 Å². The Hall–Kier alpha value is -2.74. The largest absolute Gasteiger partial charge is 0.464 e. The van der Waals surface area contributed by atoms with Gasteiger partial charge in [-0.1, -0.05) is 22.9 Å². The molecule has 0 saturated carbocycles. The number of fused-ring (bicyclic) bond motifs is 1. The molecule has 0 N–H and O–H groups in total. The number of halogens is 1. The maximum Gasteiger partial charge on any atom is 0.328 e. The number of carbonyl (C=O) groups excluding carboxylic acids is 1. The van der Waals surface area contributed by atoms with Crippen molar-refractivity contribution >= 4 is 28.7 Å². The SMILES string of the molecule is CCOC(=O)C(C)n1cnc2c(nnn2-c2ccc(C)c(Cl)c2)c1=O. The van der Waals surface area contributed by atoms with E-state index in [1.165, 1.54) is 15.6 Å². The van der Waals surface area contributed by atoms with Gasteiger partial charge in [-0.05, 0) is 38.5 Å². The summed E-state index contributed by atoms with van der Waals surface area (Å²) in [6.45, 7) is 5.39. The van der Waals surface area contributed by atoms with E-state index in [-0.39, 0.29) is 17.8 Å². The van der Waals surface area contributed by atoms with Gasteiger partial charge in [0.2, 0.25) is 0 Å². The van der Waals surface area contributed by atoms with Gasteiger partial charge in [-0.15, -0.1) is 5.10 Å². The highest BCUT2D eigenvalue weighted by Gasteiger charge is 2.21. The molecule has 0 spiro atoms. The number of hydrogen-bond acceptors (Lipinski definition) is 6. The second kappa shape index (κ2) is 6.64. The number of hydrogen-bond donors (Lipinski definition) is 0. The van der Waals surface area contributed by atoms with Crippen LogP contribution in [0.25, 0.3) is 16.9 Å². The van der Waals surface area contributed by atoms with Gasteiger partial charge in [0.25, 0.3) is 5.56 Å². The van der Waals surface area contributed by atoms with Gasteiger partial charge in [0.15, 0.2) is 11.2 Å². The minimum atomic E-state index is -0.802. The standard InChI is InChI=1S/C16H16ClN5O3/c1-4-25-16(24)10(3)21-8-18-14-13(15(21)23)19-20-22(14)11-6-5-9(2)12(17)7-11/h5-8,10H,4H2,1-3H3. The third-order valence-electron chi connectivity index (χ3n) is 3.83. The van der Waals surface area contributed by atoms with Crippen molar-refractivity contribution in [1.29, 1.82) is 0 Å². The summed E-state index contributed by atoms with van der Waals surface area (Å²) in [5.41, 5.74) is 1.46. The summed E-state index contributed by atoms with van der Waals surface area (Å²) in [5.74, 6) is -0.511. The molecule has 0 saturated heterocycles. The average Bonchev–Trinajstić information content (AvgIpc) is 3.02. The van der Waals surface area contributed by atoms with Crippen molar-refractivity contribution in [3.8, 4) is 5.69 Å². The van der Waals surface area contributed by atoms with Crippen LogP contribution in [0.5, 0.6) is 0 Å². The van der Waals surface area contributed by atoms with E-state index >= 15 is 0 Å². The molecule has 1 unspecified atom stereocenters. The van der Waals surface area contributed by atoms with E-state index in [1.54, 1.807) is 19.9 Å². The lowest BCUT2D eigenvalue weighted by Crippen LogP contribution is -2.29. The molecule has 25 heavy (non-hydrogen) atoms. The van der Waals surface area contributed by atoms with Crippen molar-refractivity contribution in [3.63, 3.8) is 0 Å². The van der Waals surface area contributed by atoms with Gasteiger partial charge in [0, 0.05) is 5.02 Å². The van der Waals surface area contributed by atoms with Crippen molar-refractivity contribution < 1.29 is 9.53 Å². The maximum absolute atomic E-state index is 12.6. The van der Waals surface area contributed by atoms with Crippen LogP contribution in [-0.4, -0.2) is 37.1 Å². The van der Waals surface area contributed by atoms with Gasteiger partial charge in [0.05, 0.1) is 12.3 Å². The van der Waals surface area contributed by atoms with Crippen LogP contribution in [-0.2, 0) is 9.53 Å². The maximum atomic E-state index is 12.6. The molecular weight excluding hydrogens is 346 g/mol. The quantitative estimate of drug-likeness (QED) is 0.660. The van der Waals surface area contributed by atoms with Crippen molar-refractivity contribution in [1.82, 2.24) is 24.5 Å². The fraction of sp³-hybridized carbons (Fsp3) is 0.312. The van der Waals surface area contributed by atoms with Gasteiger partial charge >= 0.3 is 5.97 Å². The van der Waals surface area contributed by atoms with Crippen LogP contribution in [0.1, 0.15) is 25.5 Å². The molecule has 0 amide bonds. The normalized spacial score (nSPS) is 12.3. The first-order chi connectivity index (χ1) is 11.9. The van der Waals surface area contributed by atoms with Gasteiger partial charge < -0.3 is 4.74 Å². The molecule has 9 heteroatoms. The number of carbonyl (C=O) groups is 1. The summed E-state index contributed by atoms with van der Waals surface area (Å²) in [7, 11) is 0. The molecule has 0 aliphatic carbocycles. The van der Waals surface area contributed by atoms with E-state index in [4.69, 9.17) is 16.3 Å². The summed E-state index contributed by atoms with van der Waals surface area (Å²) in [6, 6.07) is 4.57. The van der Waals surface area contributed by atoms with Crippen molar-refractivity contribution in [2.24, 2.45) is 0 Å². The Kier molecular flexibility index (Phi) is 4.54. The first kappa shape index (κ1) is 17.1. The van der Waals surface area contributed by atoms with Crippen LogP contribution >= 0.6 is 11.6 Å².